The molecule has 0 aliphatic carbocycles. The molecule has 0 N–H and O–H groups in total. The molecule has 0 aromatic heterocycles. The van der Waals surface area contributed by atoms with Crippen molar-refractivity contribution in [3.05, 3.63) is 35.6 Å². The highest BCUT2D eigenvalue weighted by Crippen LogP contribution is 2.01. The van der Waals surface area contributed by atoms with Crippen LogP contribution in [0.25, 0.3) is 0 Å². The summed E-state index contributed by atoms with van der Waals surface area (Å²) in [5.41, 5.74) is 0.828. The van der Waals surface area contributed by atoms with E-state index in [1.807, 2.05) is 13.8 Å². The summed E-state index contributed by atoms with van der Waals surface area (Å²) < 4.78 is 12.5. The van der Waals surface area contributed by atoms with Crippen molar-refractivity contribution in [2.45, 2.75) is 26.4 Å². The molecule has 0 saturated carbocycles. The van der Waals surface area contributed by atoms with Crippen molar-refractivity contribution in [2.24, 2.45) is 5.16 Å². The zero-order chi connectivity index (χ0) is 10.4. The summed E-state index contributed by atoms with van der Waals surface area (Å²) in [7, 11) is 0. The van der Waals surface area contributed by atoms with Crippen LogP contribution in [0.4, 0.5) is 4.39 Å². The largest absolute Gasteiger partial charge is 0.393 e. The number of benzene rings is 1. The van der Waals surface area contributed by atoms with Gasteiger partial charge in [0.05, 0.1) is 6.21 Å². The van der Waals surface area contributed by atoms with E-state index in [2.05, 4.69) is 5.16 Å². The average molecular weight is 195 g/mol. The monoisotopic (exact) mass is 195 g/mol. The maximum atomic E-state index is 12.5. The lowest BCUT2D eigenvalue weighted by Crippen LogP contribution is -2.01. The lowest BCUT2D eigenvalue weighted by atomic mass is 10.2. The third-order valence-corrected chi connectivity index (χ3v) is 1.89. The molecule has 1 unspecified atom stereocenters. The molecule has 0 aliphatic heterocycles. The molecule has 2 nitrogen and oxygen atoms in total. The van der Waals surface area contributed by atoms with Gasteiger partial charge in [0.1, 0.15) is 11.9 Å². The first-order valence-corrected chi connectivity index (χ1v) is 4.67. The van der Waals surface area contributed by atoms with Gasteiger partial charge in [0.2, 0.25) is 0 Å². The molecule has 0 radical (unpaired) electrons. The molecular formula is C11H14FNO. The Balaban J connectivity index is 2.48. The molecule has 0 bridgehead atoms. The van der Waals surface area contributed by atoms with E-state index in [1.165, 1.54) is 12.1 Å². The summed E-state index contributed by atoms with van der Waals surface area (Å²) in [6.07, 6.45) is 2.61. The van der Waals surface area contributed by atoms with Crippen LogP contribution < -0.4 is 0 Å². The van der Waals surface area contributed by atoms with Crippen molar-refractivity contribution in [3.8, 4) is 0 Å². The van der Waals surface area contributed by atoms with E-state index < -0.39 is 0 Å². The van der Waals surface area contributed by atoms with Gasteiger partial charge in [-0.25, -0.2) is 4.39 Å². The molecule has 1 aromatic rings. The number of oxime groups is 1. The Bertz CT molecular complexity index is 295. The van der Waals surface area contributed by atoms with Crippen LogP contribution in [-0.2, 0) is 4.84 Å². The van der Waals surface area contributed by atoms with Crippen LogP contribution in [0.15, 0.2) is 29.4 Å². The Morgan fingerprint density at radius 1 is 1.43 bits per heavy atom. The summed E-state index contributed by atoms with van der Waals surface area (Å²) in [6, 6.07) is 6.09. The fourth-order valence-electron chi connectivity index (χ4n) is 0.819. The smallest absolute Gasteiger partial charge is 0.124 e. The molecule has 76 valence electrons. The summed E-state index contributed by atoms with van der Waals surface area (Å²) in [4.78, 5) is 5.10. The van der Waals surface area contributed by atoms with Crippen LogP contribution in [0.1, 0.15) is 25.8 Å². The summed E-state index contributed by atoms with van der Waals surface area (Å²) in [5, 5.41) is 3.79. The van der Waals surface area contributed by atoms with Gasteiger partial charge in [0.25, 0.3) is 0 Å². The standard InChI is InChI=1S/C11H14FNO/c1-3-9(2)14-13-8-10-4-6-11(12)7-5-10/h4-9H,3H2,1-2H3. The molecule has 1 aromatic carbocycles. The molecule has 0 saturated heterocycles. The first-order chi connectivity index (χ1) is 6.72. The third-order valence-electron chi connectivity index (χ3n) is 1.89. The fraction of sp³-hybridized carbons (Fsp3) is 0.364. The van der Waals surface area contributed by atoms with Gasteiger partial charge in [-0.05, 0) is 31.0 Å². The third kappa shape index (κ3) is 3.56. The summed E-state index contributed by atoms with van der Waals surface area (Å²) in [5.74, 6) is -0.245. The van der Waals surface area contributed by atoms with Gasteiger partial charge in [-0.15, -0.1) is 0 Å². The van der Waals surface area contributed by atoms with Gasteiger partial charge < -0.3 is 4.84 Å². The fourth-order valence-corrected chi connectivity index (χ4v) is 0.819. The van der Waals surface area contributed by atoms with Crippen LogP contribution in [-0.4, -0.2) is 12.3 Å². The van der Waals surface area contributed by atoms with E-state index in [-0.39, 0.29) is 11.9 Å². The van der Waals surface area contributed by atoms with E-state index in [9.17, 15) is 4.39 Å². The van der Waals surface area contributed by atoms with E-state index >= 15 is 0 Å². The molecule has 0 heterocycles. The van der Waals surface area contributed by atoms with Crippen molar-refractivity contribution >= 4 is 6.21 Å². The Kier molecular flexibility index (Phi) is 4.11. The zero-order valence-corrected chi connectivity index (χ0v) is 8.40. The Hall–Kier alpha value is -1.38. The lowest BCUT2D eigenvalue weighted by Gasteiger charge is -2.04. The molecule has 1 rings (SSSR count). The Morgan fingerprint density at radius 2 is 2.07 bits per heavy atom. The van der Waals surface area contributed by atoms with Crippen molar-refractivity contribution < 1.29 is 9.23 Å². The number of rotatable bonds is 4. The molecule has 0 spiro atoms. The van der Waals surface area contributed by atoms with Crippen molar-refractivity contribution in [1.82, 2.24) is 0 Å². The van der Waals surface area contributed by atoms with Crippen LogP contribution in [0.5, 0.6) is 0 Å². The normalized spacial score (nSPS) is 13.1. The Labute approximate surface area is 83.4 Å². The number of hydrogen-bond acceptors (Lipinski definition) is 2. The number of halogens is 1. The first kappa shape index (κ1) is 10.7. The number of hydrogen-bond donors (Lipinski definition) is 0. The predicted octanol–water partition coefficient (Wildman–Crippen LogP) is 2.97. The average Bonchev–Trinajstić information content (AvgIpc) is 2.21. The van der Waals surface area contributed by atoms with E-state index in [4.69, 9.17) is 4.84 Å². The summed E-state index contributed by atoms with van der Waals surface area (Å²) >= 11 is 0. The molecule has 0 fully saturated rings. The highest BCUT2D eigenvalue weighted by molar-refractivity contribution is 5.78. The minimum Gasteiger partial charge on any atom is -0.393 e. The molecule has 3 heteroatoms. The van der Waals surface area contributed by atoms with Crippen LogP contribution in [0.2, 0.25) is 0 Å². The van der Waals surface area contributed by atoms with Gasteiger partial charge in [0, 0.05) is 0 Å². The predicted molar refractivity (Wildman–Crippen MR) is 54.8 cm³/mol. The van der Waals surface area contributed by atoms with Crippen molar-refractivity contribution in [1.29, 1.82) is 0 Å². The highest BCUT2D eigenvalue weighted by Gasteiger charge is 1.95. The second-order valence-corrected chi connectivity index (χ2v) is 3.11. The zero-order valence-electron chi connectivity index (χ0n) is 8.40. The number of nitrogens with zero attached hydrogens (tertiary/aromatic N) is 1. The first-order valence-electron chi connectivity index (χ1n) is 4.67. The van der Waals surface area contributed by atoms with Gasteiger partial charge in [-0.1, -0.05) is 24.2 Å². The van der Waals surface area contributed by atoms with Crippen LogP contribution in [0, 0.1) is 5.82 Å². The topological polar surface area (TPSA) is 21.6 Å². The molecule has 0 aliphatic rings. The maximum absolute atomic E-state index is 12.5. The van der Waals surface area contributed by atoms with E-state index in [1.54, 1.807) is 18.3 Å². The van der Waals surface area contributed by atoms with Crippen molar-refractivity contribution in [3.63, 3.8) is 0 Å². The maximum Gasteiger partial charge on any atom is 0.124 e. The van der Waals surface area contributed by atoms with Gasteiger partial charge in [-0.2, -0.15) is 0 Å². The van der Waals surface area contributed by atoms with E-state index in [0.717, 1.165) is 12.0 Å². The molecule has 0 amide bonds. The minimum atomic E-state index is -0.245. The minimum absolute atomic E-state index is 0.117. The quantitative estimate of drug-likeness (QED) is 0.534. The molecule has 1 atom stereocenters. The summed E-state index contributed by atoms with van der Waals surface area (Å²) in [6.45, 7) is 3.97. The highest BCUT2D eigenvalue weighted by atomic mass is 19.1. The molecule has 14 heavy (non-hydrogen) atoms. The van der Waals surface area contributed by atoms with Crippen molar-refractivity contribution in [2.75, 3.05) is 0 Å². The second-order valence-electron chi connectivity index (χ2n) is 3.11. The van der Waals surface area contributed by atoms with Crippen LogP contribution >= 0.6 is 0 Å². The van der Waals surface area contributed by atoms with Gasteiger partial charge in [0.15, 0.2) is 0 Å². The molecular weight excluding hydrogens is 181 g/mol. The van der Waals surface area contributed by atoms with Gasteiger partial charge >= 0.3 is 0 Å². The Morgan fingerprint density at radius 3 is 2.64 bits per heavy atom. The SMILES string of the molecule is CCC(C)ON=Cc1ccc(F)cc1. The van der Waals surface area contributed by atoms with E-state index in [0.29, 0.717) is 0 Å². The second kappa shape index (κ2) is 5.37. The van der Waals surface area contributed by atoms with Gasteiger partial charge in [-0.3, -0.25) is 0 Å². The lowest BCUT2D eigenvalue weighted by molar-refractivity contribution is 0.0712. The van der Waals surface area contributed by atoms with Crippen LogP contribution in [0.3, 0.4) is 0 Å².